The molecule has 0 spiro atoms. The van der Waals surface area contributed by atoms with Crippen LogP contribution in [0.1, 0.15) is 27.2 Å². The zero-order valence-electron chi connectivity index (χ0n) is 7.93. The summed E-state index contributed by atoms with van der Waals surface area (Å²) in [7, 11) is 0. The van der Waals surface area contributed by atoms with Crippen molar-refractivity contribution in [3.8, 4) is 0 Å². The minimum absolute atomic E-state index is 0.733. The first-order valence-corrected chi connectivity index (χ1v) is 4.48. The van der Waals surface area contributed by atoms with Gasteiger partial charge in [-0.25, -0.2) is 0 Å². The zero-order chi connectivity index (χ0) is 8.43. The molecule has 1 saturated heterocycles. The van der Waals surface area contributed by atoms with Gasteiger partial charge in [0.25, 0.3) is 0 Å². The molecular formula is C10H19N. The molecule has 1 rings (SSSR count). The highest BCUT2D eigenvalue weighted by atomic mass is 15.2. The molecule has 0 saturated carbocycles. The number of rotatable bonds is 3. The van der Waals surface area contributed by atoms with Gasteiger partial charge in [0, 0.05) is 19.1 Å². The third kappa shape index (κ3) is 2.33. The smallest absolute Gasteiger partial charge is 0.00388 e. The second-order valence-electron chi connectivity index (χ2n) is 4.07. The first-order valence-electron chi connectivity index (χ1n) is 4.48. The number of likely N-dealkylation sites (tertiary alicyclic amines) is 1. The summed E-state index contributed by atoms with van der Waals surface area (Å²) in [5.41, 5.74) is 1.33. The summed E-state index contributed by atoms with van der Waals surface area (Å²) in [6.07, 6.45) is 1.23. The Kier molecular flexibility index (Phi) is 2.72. The summed E-state index contributed by atoms with van der Waals surface area (Å²) in [5, 5.41) is 0. The van der Waals surface area contributed by atoms with Crippen LogP contribution >= 0.6 is 0 Å². The van der Waals surface area contributed by atoms with E-state index >= 15 is 0 Å². The first kappa shape index (κ1) is 8.79. The van der Waals surface area contributed by atoms with Gasteiger partial charge in [0.2, 0.25) is 0 Å². The van der Waals surface area contributed by atoms with Crippen LogP contribution in [0.3, 0.4) is 0 Å². The monoisotopic (exact) mass is 153 g/mol. The van der Waals surface area contributed by atoms with E-state index in [0.29, 0.717) is 0 Å². The minimum atomic E-state index is 0.733. The van der Waals surface area contributed by atoms with Gasteiger partial charge in [-0.2, -0.15) is 0 Å². The van der Waals surface area contributed by atoms with Crippen molar-refractivity contribution in [1.29, 1.82) is 0 Å². The van der Waals surface area contributed by atoms with Crippen molar-refractivity contribution in [1.82, 2.24) is 4.90 Å². The molecule has 0 aromatic carbocycles. The number of hydrogen-bond donors (Lipinski definition) is 0. The van der Waals surface area contributed by atoms with Crippen LogP contribution in [0, 0.1) is 5.92 Å². The molecule has 0 unspecified atom stereocenters. The molecule has 0 atom stereocenters. The van der Waals surface area contributed by atoms with Crippen molar-refractivity contribution in [2.75, 3.05) is 13.1 Å². The molecule has 1 heterocycles. The molecule has 1 aliphatic rings. The zero-order valence-corrected chi connectivity index (χ0v) is 7.93. The van der Waals surface area contributed by atoms with E-state index in [-0.39, 0.29) is 0 Å². The summed E-state index contributed by atoms with van der Waals surface area (Å²) in [6, 6.07) is 0.733. The molecule has 0 bridgehead atoms. The molecule has 0 radical (unpaired) electrons. The van der Waals surface area contributed by atoms with Crippen LogP contribution in [-0.2, 0) is 0 Å². The Balaban J connectivity index is 2.14. The maximum Gasteiger partial charge on any atom is 0.00388 e. The second-order valence-corrected chi connectivity index (χ2v) is 4.07. The molecule has 1 nitrogen and oxygen atoms in total. The number of allylic oxidation sites excluding steroid dienone is 1. The van der Waals surface area contributed by atoms with Gasteiger partial charge in [-0.1, -0.05) is 5.57 Å². The molecular weight excluding hydrogens is 134 g/mol. The lowest BCUT2D eigenvalue weighted by Crippen LogP contribution is -2.50. The van der Waals surface area contributed by atoms with E-state index in [9.17, 15) is 0 Å². The Morgan fingerprint density at radius 2 is 2.09 bits per heavy atom. The van der Waals surface area contributed by atoms with E-state index in [4.69, 9.17) is 0 Å². The lowest BCUT2D eigenvalue weighted by atomic mass is 9.92. The lowest BCUT2D eigenvalue weighted by Gasteiger charge is -2.42. The third-order valence-corrected chi connectivity index (χ3v) is 2.35. The average molecular weight is 153 g/mol. The molecule has 0 amide bonds. The molecule has 0 aromatic heterocycles. The third-order valence-electron chi connectivity index (χ3n) is 2.35. The van der Waals surface area contributed by atoms with Gasteiger partial charge in [-0.15, -0.1) is 6.58 Å². The van der Waals surface area contributed by atoms with Crippen LogP contribution in [-0.4, -0.2) is 24.0 Å². The lowest BCUT2D eigenvalue weighted by molar-refractivity contribution is 0.0682. The number of nitrogens with zero attached hydrogens (tertiary/aromatic N) is 1. The van der Waals surface area contributed by atoms with Gasteiger partial charge in [-0.05, 0) is 33.1 Å². The molecule has 64 valence electrons. The fourth-order valence-corrected chi connectivity index (χ4v) is 1.65. The normalized spacial score (nSPS) is 20.4. The summed E-state index contributed by atoms with van der Waals surface area (Å²) in [5.74, 6) is 0.898. The molecule has 1 heteroatoms. The first-order chi connectivity index (χ1) is 5.09. The minimum Gasteiger partial charge on any atom is -0.300 e. The van der Waals surface area contributed by atoms with Crippen molar-refractivity contribution >= 4 is 0 Å². The van der Waals surface area contributed by atoms with Crippen molar-refractivity contribution in [2.45, 2.75) is 33.2 Å². The summed E-state index contributed by atoms with van der Waals surface area (Å²) in [4.78, 5) is 2.51. The Bertz CT molecular complexity index is 143. The SMILES string of the molecule is C=C(C)CC1CN(C(C)C)C1. The highest BCUT2D eigenvalue weighted by Crippen LogP contribution is 2.23. The average Bonchev–Trinajstić information content (AvgIpc) is 1.75. The van der Waals surface area contributed by atoms with E-state index in [1.165, 1.54) is 25.1 Å². The van der Waals surface area contributed by atoms with Crippen LogP contribution < -0.4 is 0 Å². The van der Waals surface area contributed by atoms with E-state index in [1.54, 1.807) is 0 Å². The fraction of sp³-hybridized carbons (Fsp3) is 0.800. The quantitative estimate of drug-likeness (QED) is 0.562. The Hall–Kier alpha value is -0.300. The predicted molar refractivity (Wildman–Crippen MR) is 49.6 cm³/mol. The van der Waals surface area contributed by atoms with Crippen LogP contribution in [0.15, 0.2) is 12.2 Å². The molecule has 1 fully saturated rings. The summed E-state index contributed by atoms with van der Waals surface area (Å²) < 4.78 is 0. The second kappa shape index (κ2) is 3.40. The molecule has 0 aliphatic carbocycles. The van der Waals surface area contributed by atoms with Gasteiger partial charge >= 0.3 is 0 Å². The standard InChI is InChI=1S/C10H19N/c1-8(2)5-10-6-11(7-10)9(3)4/h9-10H,1,5-7H2,2-4H3. The van der Waals surface area contributed by atoms with E-state index < -0.39 is 0 Å². The molecule has 11 heavy (non-hydrogen) atoms. The van der Waals surface area contributed by atoms with Crippen molar-refractivity contribution < 1.29 is 0 Å². The van der Waals surface area contributed by atoms with Gasteiger partial charge in [0.1, 0.15) is 0 Å². The highest BCUT2D eigenvalue weighted by molar-refractivity contribution is 4.95. The fourth-order valence-electron chi connectivity index (χ4n) is 1.65. The highest BCUT2D eigenvalue weighted by Gasteiger charge is 2.27. The topological polar surface area (TPSA) is 3.24 Å². The van der Waals surface area contributed by atoms with Gasteiger partial charge in [-0.3, -0.25) is 0 Å². The van der Waals surface area contributed by atoms with E-state index in [1.807, 2.05) is 0 Å². The Morgan fingerprint density at radius 3 is 2.45 bits per heavy atom. The Morgan fingerprint density at radius 1 is 1.55 bits per heavy atom. The molecule has 0 N–H and O–H groups in total. The Labute approximate surface area is 70.1 Å². The van der Waals surface area contributed by atoms with Crippen molar-refractivity contribution in [2.24, 2.45) is 5.92 Å². The van der Waals surface area contributed by atoms with Crippen LogP contribution in [0.2, 0.25) is 0 Å². The maximum absolute atomic E-state index is 3.93. The summed E-state index contributed by atoms with van der Waals surface area (Å²) >= 11 is 0. The van der Waals surface area contributed by atoms with Crippen LogP contribution in [0.5, 0.6) is 0 Å². The molecule has 1 aliphatic heterocycles. The number of hydrogen-bond acceptors (Lipinski definition) is 1. The van der Waals surface area contributed by atoms with Gasteiger partial charge in [0.05, 0.1) is 0 Å². The van der Waals surface area contributed by atoms with Crippen LogP contribution in [0.25, 0.3) is 0 Å². The van der Waals surface area contributed by atoms with Crippen LogP contribution in [0.4, 0.5) is 0 Å². The van der Waals surface area contributed by atoms with Gasteiger partial charge < -0.3 is 4.90 Å². The van der Waals surface area contributed by atoms with Gasteiger partial charge in [0.15, 0.2) is 0 Å². The van der Waals surface area contributed by atoms with Crippen molar-refractivity contribution in [3.05, 3.63) is 12.2 Å². The maximum atomic E-state index is 3.93. The predicted octanol–water partition coefficient (Wildman–Crippen LogP) is 2.29. The van der Waals surface area contributed by atoms with E-state index in [2.05, 4.69) is 32.3 Å². The summed E-state index contributed by atoms with van der Waals surface area (Å²) in [6.45, 7) is 13.1. The van der Waals surface area contributed by atoms with E-state index in [0.717, 1.165) is 12.0 Å². The molecule has 0 aromatic rings. The van der Waals surface area contributed by atoms with Crippen molar-refractivity contribution in [3.63, 3.8) is 0 Å². The largest absolute Gasteiger partial charge is 0.300 e.